The van der Waals surface area contributed by atoms with E-state index >= 15 is 0 Å². The molecule has 0 unspecified atom stereocenters. The normalized spacial score (nSPS) is 12.1. The Labute approximate surface area is 126 Å². The maximum atomic E-state index is 12.7. The Hall–Kier alpha value is -1.86. The maximum absolute atomic E-state index is 12.7. The van der Waals surface area contributed by atoms with Gasteiger partial charge in [-0.3, -0.25) is 4.90 Å². The van der Waals surface area contributed by atoms with Crippen LogP contribution in [0, 0.1) is 6.92 Å². The SMILES string of the molecule is Cc1ncc(CN(CCO)Cc2cccc(C(F)(F)F)c2)[nH]1. The van der Waals surface area contributed by atoms with Gasteiger partial charge in [-0.2, -0.15) is 13.2 Å². The molecule has 0 radical (unpaired) electrons. The van der Waals surface area contributed by atoms with Crippen LogP contribution in [0.15, 0.2) is 30.5 Å². The maximum Gasteiger partial charge on any atom is 0.416 e. The molecule has 2 N–H and O–H groups in total. The number of aliphatic hydroxyl groups excluding tert-OH is 1. The molecular weight excluding hydrogens is 295 g/mol. The Kier molecular flexibility index (Phi) is 5.20. The Bertz CT molecular complexity index is 610. The number of aromatic amines is 1. The van der Waals surface area contributed by atoms with Gasteiger partial charge in [0.15, 0.2) is 0 Å². The highest BCUT2D eigenvalue weighted by molar-refractivity contribution is 5.25. The molecule has 7 heteroatoms. The summed E-state index contributed by atoms with van der Waals surface area (Å²) in [5.41, 5.74) is 0.753. The average molecular weight is 313 g/mol. The summed E-state index contributed by atoms with van der Waals surface area (Å²) in [6.45, 7) is 2.94. The van der Waals surface area contributed by atoms with Crippen molar-refractivity contribution in [3.05, 3.63) is 53.1 Å². The van der Waals surface area contributed by atoms with Crippen molar-refractivity contribution in [2.24, 2.45) is 0 Å². The number of aryl methyl sites for hydroxylation is 1. The van der Waals surface area contributed by atoms with Crippen LogP contribution in [0.5, 0.6) is 0 Å². The molecule has 0 fully saturated rings. The van der Waals surface area contributed by atoms with E-state index in [1.54, 1.807) is 12.3 Å². The van der Waals surface area contributed by atoms with Gasteiger partial charge in [-0.15, -0.1) is 0 Å². The van der Waals surface area contributed by atoms with Gasteiger partial charge in [0.2, 0.25) is 0 Å². The number of imidazole rings is 1. The third kappa shape index (κ3) is 4.57. The van der Waals surface area contributed by atoms with E-state index in [1.807, 2.05) is 11.8 Å². The van der Waals surface area contributed by atoms with Crippen LogP contribution in [0.1, 0.15) is 22.6 Å². The van der Waals surface area contributed by atoms with Crippen LogP contribution < -0.4 is 0 Å². The smallest absolute Gasteiger partial charge is 0.395 e. The van der Waals surface area contributed by atoms with Crippen molar-refractivity contribution in [2.45, 2.75) is 26.2 Å². The number of aliphatic hydroxyl groups is 1. The molecule has 1 heterocycles. The minimum Gasteiger partial charge on any atom is -0.395 e. The predicted molar refractivity (Wildman–Crippen MR) is 76.0 cm³/mol. The first-order valence-electron chi connectivity index (χ1n) is 6.88. The standard InChI is InChI=1S/C15H18F3N3O/c1-11-19-8-14(20-11)10-21(5-6-22)9-12-3-2-4-13(7-12)15(16,17)18/h2-4,7-8,22H,5-6,9-10H2,1H3,(H,19,20). The molecule has 0 bridgehead atoms. The predicted octanol–water partition coefficient (Wildman–Crippen LogP) is 2.73. The van der Waals surface area contributed by atoms with Gasteiger partial charge in [0.1, 0.15) is 5.82 Å². The van der Waals surface area contributed by atoms with Crippen LogP contribution in [0.2, 0.25) is 0 Å². The Morgan fingerprint density at radius 3 is 2.64 bits per heavy atom. The first-order chi connectivity index (χ1) is 10.4. The minimum absolute atomic E-state index is 0.0634. The topological polar surface area (TPSA) is 52.1 Å². The van der Waals surface area contributed by atoms with Crippen molar-refractivity contribution in [3.63, 3.8) is 0 Å². The van der Waals surface area contributed by atoms with Crippen LogP contribution in [-0.4, -0.2) is 33.1 Å². The largest absolute Gasteiger partial charge is 0.416 e. The highest BCUT2D eigenvalue weighted by Crippen LogP contribution is 2.29. The fraction of sp³-hybridized carbons (Fsp3) is 0.400. The van der Waals surface area contributed by atoms with Crippen LogP contribution in [-0.2, 0) is 19.3 Å². The number of nitrogens with zero attached hydrogens (tertiary/aromatic N) is 2. The number of hydrogen-bond donors (Lipinski definition) is 2. The number of nitrogens with one attached hydrogen (secondary N) is 1. The number of hydrogen-bond acceptors (Lipinski definition) is 3. The fourth-order valence-electron chi connectivity index (χ4n) is 2.25. The molecule has 22 heavy (non-hydrogen) atoms. The number of alkyl halides is 3. The van der Waals surface area contributed by atoms with E-state index in [2.05, 4.69) is 9.97 Å². The molecule has 0 aliphatic carbocycles. The van der Waals surface area contributed by atoms with E-state index < -0.39 is 11.7 Å². The highest BCUT2D eigenvalue weighted by Gasteiger charge is 2.30. The summed E-state index contributed by atoms with van der Waals surface area (Å²) in [5, 5.41) is 9.13. The summed E-state index contributed by atoms with van der Waals surface area (Å²) < 4.78 is 38.2. The van der Waals surface area contributed by atoms with E-state index in [1.165, 1.54) is 6.07 Å². The molecule has 0 spiro atoms. The van der Waals surface area contributed by atoms with Crippen molar-refractivity contribution in [1.82, 2.24) is 14.9 Å². The second-order valence-corrected chi connectivity index (χ2v) is 5.13. The lowest BCUT2D eigenvalue weighted by molar-refractivity contribution is -0.137. The van der Waals surface area contributed by atoms with Crippen LogP contribution in [0.4, 0.5) is 13.2 Å². The zero-order chi connectivity index (χ0) is 16.2. The molecular formula is C15H18F3N3O. The molecule has 1 aromatic heterocycles. The Balaban J connectivity index is 2.10. The second kappa shape index (κ2) is 6.93. The molecule has 2 rings (SSSR count). The van der Waals surface area contributed by atoms with Gasteiger partial charge in [-0.05, 0) is 18.6 Å². The molecule has 0 atom stereocenters. The van der Waals surface area contributed by atoms with E-state index in [-0.39, 0.29) is 6.61 Å². The second-order valence-electron chi connectivity index (χ2n) is 5.13. The first kappa shape index (κ1) is 16.5. The molecule has 120 valence electrons. The number of aromatic nitrogens is 2. The summed E-state index contributed by atoms with van der Waals surface area (Å²) in [6.07, 6.45) is -2.66. The Morgan fingerprint density at radius 1 is 1.27 bits per heavy atom. The summed E-state index contributed by atoms with van der Waals surface area (Å²) in [5.74, 6) is 0.776. The molecule has 0 aliphatic heterocycles. The summed E-state index contributed by atoms with van der Waals surface area (Å²) in [6, 6.07) is 5.24. The van der Waals surface area contributed by atoms with Gasteiger partial charge in [0.25, 0.3) is 0 Å². The molecule has 1 aromatic carbocycles. The lowest BCUT2D eigenvalue weighted by atomic mass is 10.1. The number of benzene rings is 1. The van der Waals surface area contributed by atoms with E-state index in [9.17, 15) is 13.2 Å². The quantitative estimate of drug-likeness (QED) is 0.862. The van der Waals surface area contributed by atoms with Gasteiger partial charge in [-0.1, -0.05) is 18.2 Å². The van der Waals surface area contributed by atoms with Crippen molar-refractivity contribution in [2.75, 3.05) is 13.2 Å². The van der Waals surface area contributed by atoms with Gasteiger partial charge in [-0.25, -0.2) is 4.98 Å². The van der Waals surface area contributed by atoms with Crippen molar-refractivity contribution >= 4 is 0 Å². The summed E-state index contributed by atoms with van der Waals surface area (Å²) in [7, 11) is 0. The van der Waals surface area contributed by atoms with Crippen LogP contribution in [0.25, 0.3) is 0 Å². The minimum atomic E-state index is -4.35. The van der Waals surface area contributed by atoms with E-state index in [0.29, 0.717) is 25.2 Å². The van der Waals surface area contributed by atoms with Crippen molar-refractivity contribution in [3.8, 4) is 0 Å². The number of rotatable bonds is 6. The van der Waals surface area contributed by atoms with Crippen LogP contribution >= 0.6 is 0 Å². The zero-order valence-electron chi connectivity index (χ0n) is 12.2. The molecule has 2 aromatic rings. The van der Waals surface area contributed by atoms with E-state index in [4.69, 9.17) is 5.11 Å². The summed E-state index contributed by atoms with van der Waals surface area (Å²) in [4.78, 5) is 9.03. The number of halogens is 3. The third-order valence-electron chi connectivity index (χ3n) is 3.23. The lowest BCUT2D eigenvalue weighted by Gasteiger charge is -2.21. The third-order valence-corrected chi connectivity index (χ3v) is 3.23. The molecule has 0 saturated heterocycles. The van der Waals surface area contributed by atoms with Gasteiger partial charge in [0, 0.05) is 31.5 Å². The van der Waals surface area contributed by atoms with Crippen molar-refractivity contribution < 1.29 is 18.3 Å². The number of H-pyrrole nitrogens is 1. The molecule has 0 aliphatic rings. The fourth-order valence-corrected chi connectivity index (χ4v) is 2.25. The monoisotopic (exact) mass is 313 g/mol. The average Bonchev–Trinajstić information content (AvgIpc) is 2.84. The first-order valence-corrected chi connectivity index (χ1v) is 6.88. The highest BCUT2D eigenvalue weighted by atomic mass is 19.4. The Morgan fingerprint density at radius 2 is 2.05 bits per heavy atom. The zero-order valence-corrected chi connectivity index (χ0v) is 12.2. The molecule has 0 amide bonds. The van der Waals surface area contributed by atoms with Crippen LogP contribution in [0.3, 0.4) is 0 Å². The summed E-state index contributed by atoms with van der Waals surface area (Å²) >= 11 is 0. The lowest BCUT2D eigenvalue weighted by Crippen LogP contribution is -2.26. The van der Waals surface area contributed by atoms with E-state index in [0.717, 1.165) is 23.7 Å². The molecule has 4 nitrogen and oxygen atoms in total. The van der Waals surface area contributed by atoms with Gasteiger partial charge < -0.3 is 10.1 Å². The van der Waals surface area contributed by atoms with Gasteiger partial charge >= 0.3 is 6.18 Å². The van der Waals surface area contributed by atoms with Gasteiger partial charge in [0.05, 0.1) is 12.2 Å². The molecule has 0 saturated carbocycles. The van der Waals surface area contributed by atoms with Crippen molar-refractivity contribution in [1.29, 1.82) is 0 Å².